The summed E-state index contributed by atoms with van der Waals surface area (Å²) in [5.41, 5.74) is 1.26. The number of anilines is 1. The van der Waals surface area contributed by atoms with E-state index in [2.05, 4.69) is 17.1 Å². The lowest BCUT2D eigenvalue weighted by atomic mass is 10.1. The van der Waals surface area contributed by atoms with Gasteiger partial charge in [-0.15, -0.1) is 11.3 Å². The van der Waals surface area contributed by atoms with E-state index in [0.717, 1.165) is 32.7 Å². The zero-order valence-electron chi connectivity index (χ0n) is 13.7. The molecule has 0 unspecified atom stereocenters. The average molecular weight is 343 g/mol. The van der Waals surface area contributed by atoms with Gasteiger partial charge in [-0.1, -0.05) is 19.1 Å². The van der Waals surface area contributed by atoms with Crippen LogP contribution in [0.1, 0.15) is 27.0 Å². The van der Waals surface area contributed by atoms with Crippen LogP contribution in [0.15, 0.2) is 41.8 Å². The Morgan fingerprint density at radius 1 is 1.12 bits per heavy atom. The fourth-order valence-corrected chi connectivity index (χ4v) is 3.40. The molecule has 1 aliphatic rings. The normalized spacial score (nSPS) is 15.3. The first-order chi connectivity index (χ1) is 11.7. The van der Waals surface area contributed by atoms with Crippen molar-refractivity contribution in [1.82, 2.24) is 9.80 Å². The molecule has 1 aliphatic heterocycles. The van der Waals surface area contributed by atoms with E-state index < -0.39 is 0 Å². The highest BCUT2D eigenvalue weighted by Gasteiger charge is 2.21. The summed E-state index contributed by atoms with van der Waals surface area (Å²) < 4.78 is 0. The Labute approximate surface area is 145 Å². The molecule has 5 nitrogen and oxygen atoms in total. The summed E-state index contributed by atoms with van der Waals surface area (Å²) in [6, 6.07) is 10.8. The molecule has 0 atom stereocenters. The van der Waals surface area contributed by atoms with Gasteiger partial charge >= 0.3 is 0 Å². The summed E-state index contributed by atoms with van der Waals surface area (Å²) >= 11 is 1.39. The zero-order chi connectivity index (χ0) is 16.9. The number of nitrogens with one attached hydrogen (secondary N) is 1. The molecule has 2 aromatic rings. The number of nitrogens with zero attached hydrogens (tertiary/aromatic N) is 2. The van der Waals surface area contributed by atoms with Gasteiger partial charge in [0.25, 0.3) is 11.8 Å². The standard InChI is InChI=1S/C18H21N3O2S/c1-2-20-8-10-21(11-9-20)18(23)14-5-3-6-15(13-14)19-17(22)16-7-4-12-24-16/h3-7,12-13H,2,8-11H2,1H3,(H,19,22). The van der Waals surface area contributed by atoms with Crippen molar-refractivity contribution in [3.8, 4) is 0 Å². The minimum atomic E-state index is -0.147. The van der Waals surface area contributed by atoms with Crippen molar-refractivity contribution in [1.29, 1.82) is 0 Å². The van der Waals surface area contributed by atoms with Crippen LogP contribution in [0, 0.1) is 0 Å². The molecule has 0 radical (unpaired) electrons. The minimum Gasteiger partial charge on any atom is -0.336 e. The smallest absolute Gasteiger partial charge is 0.265 e. The van der Waals surface area contributed by atoms with Gasteiger partial charge in [0, 0.05) is 37.4 Å². The topological polar surface area (TPSA) is 52.6 Å². The quantitative estimate of drug-likeness (QED) is 0.929. The fourth-order valence-electron chi connectivity index (χ4n) is 2.78. The maximum atomic E-state index is 12.7. The molecule has 126 valence electrons. The first-order valence-electron chi connectivity index (χ1n) is 8.14. The third-order valence-corrected chi connectivity index (χ3v) is 5.09. The predicted molar refractivity (Wildman–Crippen MR) is 96.7 cm³/mol. The summed E-state index contributed by atoms with van der Waals surface area (Å²) in [6.07, 6.45) is 0. The number of thiophene rings is 1. The van der Waals surface area contributed by atoms with Gasteiger partial charge in [0.1, 0.15) is 0 Å². The molecule has 0 bridgehead atoms. The predicted octanol–water partition coefficient (Wildman–Crippen LogP) is 2.78. The van der Waals surface area contributed by atoms with Crippen molar-refractivity contribution >= 4 is 28.8 Å². The Bertz CT molecular complexity index is 707. The molecule has 1 N–H and O–H groups in total. The number of piperazine rings is 1. The zero-order valence-corrected chi connectivity index (χ0v) is 14.5. The van der Waals surface area contributed by atoms with Crippen molar-refractivity contribution in [3.05, 3.63) is 52.2 Å². The number of benzene rings is 1. The van der Waals surface area contributed by atoms with E-state index in [0.29, 0.717) is 16.1 Å². The molecule has 1 saturated heterocycles. The summed E-state index contributed by atoms with van der Waals surface area (Å²) in [5, 5.41) is 4.72. The second kappa shape index (κ2) is 7.59. The van der Waals surface area contributed by atoms with E-state index in [9.17, 15) is 9.59 Å². The Hall–Kier alpha value is -2.18. The molecule has 0 aliphatic carbocycles. The third kappa shape index (κ3) is 3.83. The number of carbonyl (C=O) groups is 2. The maximum Gasteiger partial charge on any atom is 0.265 e. The van der Waals surface area contributed by atoms with Gasteiger partial charge in [-0.25, -0.2) is 0 Å². The lowest BCUT2D eigenvalue weighted by Gasteiger charge is -2.34. The van der Waals surface area contributed by atoms with Crippen molar-refractivity contribution in [2.45, 2.75) is 6.92 Å². The summed E-state index contributed by atoms with van der Waals surface area (Å²) in [4.78, 5) is 29.7. The van der Waals surface area contributed by atoms with Crippen LogP contribution in [0.4, 0.5) is 5.69 Å². The van der Waals surface area contributed by atoms with Gasteiger partial charge in [0.15, 0.2) is 0 Å². The van der Waals surface area contributed by atoms with E-state index in [1.807, 2.05) is 16.3 Å². The SMILES string of the molecule is CCN1CCN(C(=O)c2cccc(NC(=O)c3cccs3)c2)CC1. The molecule has 2 heterocycles. The van der Waals surface area contributed by atoms with Crippen molar-refractivity contribution in [2.24, 2.45) is 0 Å². The average Bonchev–Trinajstić information content (AvgIpc) is 3.16. The van der Waals surface area contributed by atoms with Crippen molar-refractivity contribution < 1.29 is 9.59 Å². The van der Waals surface area contributed by atoms with Crippen LogP contribution in [0.2, 0.25) is 0 Å². The first-order valence-corrected chi connectivity index (χ1v) is 9.02. The van der Waals surface area contributed by atoms with E-state index >= 15 is 0 Å². The van der Waals surface area contributed by atoms with Gasteiger partial charge in [-0.2, -0.15) is 0 Å². The second-order valence-electron chi connectivity index (χ2n) is 5.74. The number of likely N-dealkylation sites (N-methyl/N-ethyl adjacent to an activating group) is 1. The minimum absolute atomic E-state index is 0.0259. The van der Waals surface area contributed by atoms with E-state index in [-0.39, 0.29) is 11.8 Å². The molecular weight excluding hydrogens is 322 g/mol. The van der Waals surface area contributed by atoms with Crippen LogP contribution in [-0.2, 0) is 0 Å². The Kier molecular flexibility index (Phi) is 5.27. The van der Waals surface area contributed by atoms with Gasteiger partial charge in [-0.3, -0.25) is 9.59 Å². The highest BCUT2D eigenvalue weighted by atomic mass is 32.1. The van der Waals surface area contributed by atoms with Crippen LogP contribution < -0.4 is 5.32 Å². The van der Waals surface area contributed by atoms with E-state index in [4.69, 9.17) is 0 Å². The van der Waals surface area contributed by atoms with Gasteiger partial charge in [0.05, 0.1) is 4.88 Å². The molecular formula is C18H21N3O2S. The highest BCUT2D eigenvalue weighted by Crippen LogP contribution is 2.16. The van der Waals surface area contributed by atoms with Crippen molar-refractivity contribution in [2.75, 3.05) is 38.0 Å². The molecule has 0 spiro atoms. The molecule has 1 fully saturated rings. The summed E-state index contributed by atoms with van der Waals surface area (Å²) in [7, 11) is 0. The number of amides is 2. The number of carbonyl (C=O) groups excluding carboxylic acids is 2. The molecule has 1 aromatic heterocycles. The lowest BCUT2D eigenvalue weighted by molar-refractivity contribution is 0.0643. The number of hydrogen-bond donors (Lipinski definition) is 1. The molecule has 6 heteroatoms. The summed E-state index contributed by atoms with van der Waals surface area (Å²) in [5.74, 6) is -0.121. The van der Waals surface area contributed by atoms with Crippen molar-refractivity contribution in [3.63, 3.8) is 0 Å². The Morgan fingerprint density at radius 2 is 1.92 bits per heavy atom. The first kappa shape index (κ1) is 16.7. The van der Waals surface area contributed by atoms with E-state index in [1.54, 1.807) is 30.3 Å². The Morgan fingerprint density at radius 3 is 2.58 bits per heavy atom. The fraction of sp³-hybridized carbons (Fsp3) is 0.333. The van der Waals surface area contributed by atoms with Crippen LogP contribution in [0.5, 0.6) is 0 Å². The van der Waals surface area contributed by atoms with Crippen LogP contribution in [0.25, 0.3) is 0 Å². The molecule has 2 amide bonds. The number of hydrogen-bond acceptors (Lipinski definition) is 4. The Balaban J connectivity index is 1.66. The molecule has 3 rings (SSSR count). The molecule has 1 aromatic carbocycles. The van der Waals surface area contributed by atoms with Crippen LogP contribution in [0.3, 0.4) is 0 Å². The van der Waals surface area contributed by atoms with Gasteiger partial charge in [-0.05, 0) is 36.2 Å². The highest BCUT2D eigenvalue weighted by molar-refractivity contribution is 7.12. The van der Waals surface area contributed by atoms with Gasteiger partial charge in [0.2, 0.25) is 0 Å². The number of rotatable bonds is 4. The van der Waals surface area contributed by atoms with E-state index in [1.165, 1.54) is 11.3 Å². The summed E-state index contributed by atoms with van der Waals surface area (Å²) in [6.45, 7) is 6.48. The van der Waals surface area contributed by atoms with Gasteiger partial charge < -0.3 is 15.1 Å². The molecule has 0 saturated carbocycles. The maximum absolute atomic E-state index is 12.7. The largest absolute Gasteiger partial charge is 0.336 e. The third-order valence-electron chi connectivity index (χ3n) is 4.22. The van der Waals surface area contributed by atoms with Crippen LogP contribution in [-0.4, -0.2) is 54.3 Å². The lowest BCUT2D eigenvalue weighted by Crippen LogP contribution is -2.48. The van der Waals surface area contributed by atoms with Crippen LogP contribution >= 0.6 is 11.3 Å². The monoisotopic (exact) mass is 343 g/mol. The molecule has 24 heavy (non-hydrogen) atoms. The second-order valence-corrected chi connectivity index (χ2v) is 6.69.